The van der Waals surface area contributed by atoms with Gasteiger partial charge in [-0.1, -0.05) is 38.0 Å². The lowest BCUT2D eigenvalue weighted by atomic mass is 9.93. The van der Waals surface area contributed by atoms with Crippen molar-refractivity contribution in [3.63, 3.8) is 0 Å². The highest BCUT2D eigenvalue weighted by Gasteiger charge is 2.25. The summed E-state index contributed by atoms with van der Waals surface area (Å²) in [5, 5.41) is 9.14. The topological polar surface area (TPSA) is 86.0 Å². The number of aromatic amines is 1. The zero-order valence-corrected chi connectivity index (χ0v) is 19.7. The molecular weight excluding hydrogens is 400 g/mol. The van der Waals surface area contributed by atoms with Gasteiger partial charge in [0.25, 0.3) is 5.91 Å². The molecule has 2 heterocycles. The fraction of sp³-hybridized carbons (Fsp3) is 0.462. The van der Waals surface area contributed by atoms with E-state index in [-0.39, 0.29) is 17.7 Å². The first kappa shape index (κ1) is 23.8. The lowest BCUT2D eigenvalue weighted by Crippen LogP contribution is -2.25. The van der Waals surface area contributed by atoms with E-state index < -0.39 is 0 Å². The van der Waals surface area contributed by atoms with E-state index in [1.807, 2.05) is 44.3 Å². The Hall–Kier alpha value is -2.86. The van der Waals surface area contributed by atoms with Gasteiger partial charge in [-0.15, -0.1) is 0 Å². The molecule has 2 amide bonds. The molecule has 3 rings (SSSR count). The number of benzene rings is 1. The Labute approximate surface area is 191 Å². The molecule has 32 heavy (non-hydrogen) atoms. The standard InChI is InChI=1S/C26H36N4O2/c1-17(15-24(31)28-14-10-6-5-9-13-27-4)25-18(2)23(29-19(25)3)16-21-20-11-7-8-12-22(20)30-26(21)32/h7-8,11-12,16-17,27,29H,5-6,9-10,13-15H2,1-4H3,(H,28,31)(H,30,32). The van der Waals surface area contributed by atoms with E-state index in [4.69, 9.17) is 0 Å². The Morgan fingerprint density at radius 2 is 1.81 bits per heavy atom. The van der Waals surface area contributed by atoms with Crippen molar-refractivity contribution in [2.75, 3.05) is 25.5 Å². The van der Waals surface area contributed by atoms with Crippen molar-refractivity contribution in [3.8, 4) is 0 Å². The van der Waals surface area contributed by atoms with Gasteiger partial charge in [-0.2, -0.15) is 0 Å². The molecule has 1 aromatic carbocycles. The molecule has 4 N–H and O–H groups in total. The molecule has 1 aliphatic heterocycles. The molecule has 1 aliphatic rings. The summed E-state index contributed by atoms with van der Waals surface area (Å²) < 4.78 is 0. The monoisotopic (exact) mass is 436 g/mol. The second-order valence-electron chi connectivity index (χ2n) is 8.73. The third kappa shape index (κ3) is 5.68. The van der Waals surface area contributed by atoms with Gasteiger partial charge >= 0.3 is 0 Å². The number of amides is 2. The summed E-state index contributed by atoms with van der Waals surface area (Å²) in [5.41, 5.74) is 6.65. The zero-order chi connectivity index (χ0) is 23.1. The Bertz CT molecular complexity index is 990. The van der Waals surface area contributed by atoms with E-state index in [1.54, 1.807) is 0 Å². The number of carbonyl (C=O) groups excluding carboxylic acids is 2. The Morgan fingerprint density at radius 1 is 1.09 bits per heavy atom. The summed E-state index contributed by atoms with van der Waals surface area (Å²) in [6, 6.07) is 7.73. The molecule has 0 radical (unpaired) electrons. The van der Waals surface area contributed by atoms with Crippen LogP contribution in [0.1, 0.15) is 73.0 Å². The van der Waals surface area contributed by atoms with E-state index in [0.29, 0.717) is 12.0 Å². The number of hydrogen-bond donors (Lipinski definition) is 4. The number of nitrogens with one attached hydrogen (secondary N) is 4. The fourth-order valence-corrected chi connectivity index (χ4v) is 4.56. The smallest absolute Gasteiger partial charge is 0.256 e. The Morgan fingerprint density at radius 3 is 2.56 bits per heavy atom. The summed E-state index contributed by atoms with van der Waals surface area (Å²) in [4.78, 5) is 28.4. The first-order valence-electron chi connectivity index (χ1n) is 11.6. The number of anilines is 1. The number of aryl methyl sites for hydroxylation is 1. The molecule has 1 atom stereocenters. The van der Waals surface area contributed by atoms with E-state index in [2.05, 4.69) is 34.8 Å². The van der Waals surface area contributed by atoms with E-state index >= 15 is 0 Å². The third-order valence-electron chi connectivity index (χ3n) is 6.19. The average molecular weight is 437 g/mol. The Kier molecular flexibility index (Phi) is 8.28. The van der Waals surface area contributed by atoms with Crippen LogP contribution >= 0.6 is 0 Å². The lowest BCUT2D eigenvalue weighted by molar-refractivity contribution is -0.121. The number of carbonyl (C=O) groups is 2. The number of hydrogen-bond acceptors (Lipinski definition) is 3. The fourth-order valence-electron chi connectivity index (χ4n) is 4.56. The first-order valence-corrected chi connectivity index (χ1v) is 11.6. The second-order valence-corrected chi connectivity index (χ2v) is 8.73. The number of aromatic nitrogens is 1. The summed E-state index contributed by atoms with van der Waals surface area (Å²) in [7, 11) is 1.97. The summed E-state index contributed by atoms with van der Waals surface area (Å²) in [6.45, 7) is 7.97. The molecule has 1 aromatic heterocycles. The molecule has 172 valence electrons. The van der Waals surface area contributed by atoms with Crippen molar-refractivity contribution in [3.05, 3.63) is 52.3 Å². The molecule has 6 nitrogen and oxygen atoms in total. The average Bonchev–Trinajstić information content (AvgIpc) is 3.22. The molecular formula is C26H36N4O2. The van der Waals surface area contributed by atoms with Crippen LogP contribution in [0.2, 0.25) is 0 Å². The predicted molar refractivity (Wildman–Crippen MR) is 132 cm³/mol. The SMILES string of the molecule is CNCCCCCCNC(=O)CC(C)c1c(C)[nH]c(C=C2C(=O)Nc3ccccc32)c1C. The quantitative estimate of drug-likeness (QED) is 0.309. The van der Waals surface area contributed by atoms with Crippen LogP contribution in [-0.4, -0.2) is 36.9 Å². The predicted octanol–water partition coefficient (Wildman–Crippen LogP) is 4.51. The molecule has 0 saturated heterocycles. The van der Waals surface area contributed by atoms with Gasteiger partial charge in [0.1, 0.15) is 0 Å². The van der Waals surface area contributed by atoms with Crippen molar-refractivity contribution in [1.29, 1.82) is 0 Å². The number of fused-ring (bicyclic) bond motifs is 1. The van der Waals surface area contributed by atoms with Gasteiger partial charge in [0.2, 0.25) is 5.91 Å². The molecule has 2 aromatic rings. The number of para-hydroxylation sites is 1. The second kappa shape index (κ2) is 11.1. The van der Waals surface area contributed by atoms with E-state index in [1.165, 1.54) is 12.8 Å². The maximum absolute atomic E-state index is 12.5. The molecule has 0 spiro atoms. The lowest BCUT2D eigenvalue weighted by Gasteiger charge is -2.13. The first-order chi connectivity index (χ1) is 15.4. The van der Waals surface area contributed by atoms with E-state index in [9.17, 15) is 9.59 Å². The minimum atomic E-state index is -0.0854. The highest BCUT2D eigenvalue weighted by atomic mass is 16.2. The molecule has 0 bridgehead atoms. The van der Waals surface area contributed by atoms with Gasteiger partial charge in [-0.3, -0.25) is 9.59 Å². The van der Waals surface area contributed by atoms with Crippen molar-refractivity contribution in [2.24, 2.45) is 0 Å². The maximum atomic E-state index is 12.5. The van der Waals surface area contributed by atoms with Crippen molar-refractivity contribution in [1.82, 2.24) is 15.6 Å². The van der Waals surface area contributed by atoms with Crippen LogP contribution in [0.3, 0.4) is 0 Å². The van der Waals surface area contributed by atoms with Crippen LogP contribution < -0.4 is 16.0 Å². The molecule has 0 saturated carbocycles. The maximum Gasteiger partial charge on any atom is 0.256 e. The molecule has 1 unspecified atom stereocenters. The molecule has 6 heteroatoms. The third-order valence-corrected chi connectivity index (χ3v) is 6.19. The van der Waals surface area contributed by atoms with Crippen LogP contribution in [-0.2, 0) is 9.59 Å². The number of unbranched alkanes of at least 4 members (excludes halogenated alkanes) is 3. The normalized spacial score (nSPS) is 15.0. The van der Waals surface area contributed by atoms with Crippen molar-refractivity contribution in [2.45, 2.75) is 58.8 Å². The van der Waals surface area contributed by atoms with Crippen LogP contribution in [0.4, 0.5) is 5.69 Å². The highest BCUT2D eigenvalue weighted by Crippen LogP contribution is 2.35. The van der Waals surface area contributed by atoms with Gasteiger partial charge in [-0.05, 0) is 69.5 Å². The highest BCUT2D eigenvalue weighted by molar-refractivity contribution is 6.34. The summed E-state index contributed by atoms with van der Waals surface area (Å²) in [6.07, 6.45) is 6.91. The van der Waals surface area contributed by atoms with E-state index in [0.717, 1.165) is 59.7 Å². The molecule has 0 fully saturated rings. The largest absolute Gasteiger partial charge is 0.359 e. The Balaban J connectivity index is 1.61. The van der Waals surface area contributed by atoms with Gasteiger partial charge < -0.3 is 20.9 Å². The van der Waals surface area contributed by atoms with Gasteiger partial charge in [0.05, 0.1) is 5.57 Å². The van der Waals surface area contributed by atoms with Gasteiger partial charge in [-0.25, -0.2) is 0 Å². The van der Waals surface area contributed by atoms with Crippen LogP contribution in [0.15, 0.2) is 24.3 Å². The van der Waals surface area contributed by atoms with Crippen LogP contribution in [0.25, 0.3) is 11.6 Å². The van der Waals surface area contributed by atoms with Gasteiger partial charge in [0, 0.05) is 35.6 Å². The number of rotatable bonds is 11. The van der Waals surface area contributed by atoms with Crippen molar-refractivity contribution >= 4 is 29.2 Å². The minimum Gasteiger partial charge on any atom is -0.359 e. The summed E-state index contributed by atoms with van der Waals surface area (Å²) >= 11 is 0. The van der Waals surface area contributed by atoms with Crippen LogP contribution in [0, 0.1) is 13.8 Å². The molecule has 0 aliphatic carbocycles. The van der Waals surface area contributed by atoms with Crippen LogP contribution in [0.5, 0.6) is 0 Å². The van der Waals surface area contributed by atoms with Gasteiger partial charge in [0.15, 0.2) is 0 Å². The van der Waals surface area contributed by atoms with Crippen molar-refractivity contribution < 1.29 is 9.59 Å². The zero-order valence-electron chi connectivity index (χ0n) is 19.7. The summed E-state index contributed by atoms with van der Waals surface area (Å²) in [5.74, 6) is 0.105. The minimum absolute atomic E-state index is 0.0854. The number of H-pyrrole nitrogens is 1.